The van der Waals surface area contributed by atoms with Crippen molar-refractivity contribution in [2.24, 2.45) is 17.4 Å². The fraction of sp³-hybridized carbons (Fsp3) is 1.00. The molecule has 1 heterocycles. The highest BCUT2D eigenvalue weighted by molar-refractivity contribution is 5.85. The molecule has 2 atom stereocenters. The van der Waals surface area contributed by atoms with Gasteiger partial charge in [-0.25, -0.2) is 0 Å². The largest absolute Gasteiger partial charge is 0.328 e. The van der Waals surface area contributed by atoms with Crippen molar-refractivity contribution in [1.29, 1.82) is 0 Å². The predicted octanol–water partition coefficient (Wildman–Crippen LogP) is 0.959. The highest BCUT2D eigenvalue weighted by Crippen LogP contribution is 2.25. The number of rotatable bonds is 2. The van der Waals surface area contributed by atoms with E-state index in [2.05, 4.69) is 4.90 Å². The van der Waals surface area contributed by atoms with E-state index in [1.165, 1.54) is 51.7 Å². The van der Waals surface area contributed by atoms with E-state index in [4.69, 9.17) is 11.5 Å². The van der Waals surface area contributed by atoms with Crippen LogP contribution in [0.15, 0.2) is 0 Å². The number of piperidine rings is 1. The molecule has 4 N–H and O–H groups in total. The average Bonchev–Trinajstić information content (AvgIpc) is 2.56. The highest BCUT2D eigenvalue weighted by atomic mass is 35.5. The van der Waals surface area contributed by atoms with Gasteiger partial charge in [0.25, 0.3) is 0 Å². The minimum Gasteiger partial charge on any atom is -0.328 e. The van der Waals surface area contributed by atoms with E-state index < -0.39 is 0 Å². The Morgan fingerprint density at radius 2 is 1.60 bits per heavy atom. The van der Waals surface area contributed by atoms with Crippen molar-refractivity contribution in [2.75, 3.05) is 19.6 Å². The van der Waals surface area contributed by atoms with E-state index >= 15 is 0 Å². The van der Waals surface area contributed by atoms with Gasteiger partial charge in [-0.1, -0.05) is 0 Å². The zero-order valence-corrected chi connectivity index (χ0v) is 10.2. The molecule has 4 heteroatoms. The lowest BCUT2D eigenvalue weighted by Crippen LogP contribution is -2.41. The molecule has 0 radical (unpaired) electrons. The van der Waals surface area contributed by atoms with Crippen molar-refractivity contribution in [3.63, 3.8) is 0 Å². The third-order valence-corrected chi connectivity index (χ3v) is 3.73. The molecule has 0 aromatic heterocycles. The number of nitrogens with zero attached hydrogens (tertiary/aromatic N) is 1. The van der Waals surface area contributed by atoms with Gasteiger partial charge in [0.15, 0.2) is 0 Å². The topological polar surface area (TPSA) is 55.3 Å². The van der Waals surface area contributed by atoms with Gasteiger partial charge in [-0.2, -0.15) is 0 Å². The van der Waals surface area contributed by atoms with Gasteiger partial charge in [0.1, 0.15) is 0 Å². The van der Waals surface area contributed by atoms with Gasteiger partial charge in [-0.05, 0) is 51.1 Å². The van der Waals surface area contributed by atoms with Gasteiger partial charge in [-0.15, -0.1) is 12.4 Å². The zero-order chi connectivity index (χ0) is 9.97. The molecule has 15 heavy (non-hydrogen) atoms. The highest BCUT2D eigenvalue weighted by Gasteiger charge is 2.25. The molecule has 0 bridgehead atoms. The van der Waals surface area contributed by atoms with Crippen molar-refractivity contribution in [1.82, 2.24) is 4.90 Å². The Bertz CT molecular complexity index is 181. The van der Waals surface area contributed by atoms with Crippen molar-refractivity contribution >= 4 is 12.4 Å². The molecule has 2 aliphatic rings. The first-order valence-corrected chi connectivity index (χ1v) is 5.97. The lowest BCUT2D eigenvalue weighted by molar-refractivity contribution is 0.184. The second-order valence-electron chi connectivity index (χ2n) is 5.08. The summed E-state index contributed by atoms with van der Waals surface area (Å²) in [7, 11) is 0. The van der Waals surface area contributed by atoms with Crippen LogP contribution in [-0.4, -0.2) is 36.6 Å². The van der Waals surface area contributed by atoms with Gasteiger partial charge in [0.05, 0.1) is 0 Å². The Morgan fingerprint density at radius 3 is 2.13 bits per heavy atom. The zero-order valence-electron chi connectivity index (χ0n) is 9.40. The molecular formula is C11H24ClN3. The first-order chi connectivity index (χ1) is 6.74. The Morgan fingerprint density at radius 1 is 0.933 bits per heavy atom. The summed E-state index contributed by atoms with van der Waals surface area (Å²) >= 11 is 0. The molecule has 1 saturated carbocycles. The second-order valence-corrected chi connectivity index (χ2v) is 5.08. The van der Waals surface area contributed by atoms with E-state index in [1.807, 2.05) is 0 Å². The number of nitrogens with two attached hydrogens (primary N) is 2. The Kier molecular flexibility index (Phi) is 5.33. The summed E-state index contributed by atoms with van der Waals surface area (Å²) in [4.78, 5) is 2.58. The van der Waals surface area contributed by atoms with Crippen molar-refractivity contribution in [2.45, 2.75) is 44.2 Å². The monoisotopic (exact) mass is 233 g/mol. The van der Waals surface area contributed by atoms with Gasteiger partial charge in [0.2, 0.25) is 0 Å². The fourth-order valence-electron chi connectivity index (χ4n) is 2.78. The molecule has 2 rings (SSSR count). The number of hydrogen-bond donors (Lipinski definition) is 2. The molecule has 0 amide bonds. The van der Waals surface area contributed by atoms with Crippen LogP contribution in [0.5, 0.6) is 0 Å². The first kappa shape index (κ1) is 13.2. The predicted molar refractivity (Wildman–Crippen MR) is 66.2 cm³/mol. The van der Waals surface area contributed by atoms with Crippen molar-refractivity contribution < 1.29 is 0 Å². The SMILES string of the molecule is Cl.NC1CCN(CC2CCC(N)C2)CC1. The minimum atomic E-state index is 0. The van der Waals surface area contributed by atoms with E-state index in [-0.39, 0.29) is 12.4 Å². The molecule has 1 saturated heterocycles. The third kappa shape index (κ3) is 3.91. The molecule has 1 aliphatic heterocycles. The number of likely N-dealkylation sites (tertiary alicyclic amines) is 1. The maximum Gasteiger partial charge on any atom is 0.00631 e. The first-order valence-electron chi connectivity index (χ1n) is 5.97. The molecule has 0 aromatic rings. The second kappa shape index (κ2) is 6.04. The molecule has 1 aliphatic carbocycles. The van der Waals surface area contributed by atoms with Crippen LogP contribution in [0, 0.1) is 5.92 Å². The van der Waals surface area contributed by atoms with Gasteiger partial charge >= 0.3 is 0 Å². The van der Waals surface area contributed by atoms with Crippen LogP contribution in [0.3, 0.4) is 0 Å². The maximum atomic E-state index is 5.91. The van der Waals surface area contributed by atoms with Gasteiger partial charge in [-0.3, -0.25) is 0 Å². The summed E-state index contributed by atoms with van der Waals surface area (Å²) in [6.45, 7) is 3.67. The van der Waals surface area contributed by atoms with Gasteiger partial charge in [0, 0.05) is 18.6 Å². The Balaban J connectivity index is 0.00000112. The lowest BCUT2D eigenvalue weighted by atomic mass is 10.0. The van der Waals surface area contributed by atoms with Crippen LogP contribution in [-0.2, 0) is 0 Å². The average molecular weight is 234 g/mol. The fourth-order valence-corrected chi connectivity index (χ4v) is 2.78. The van der Waals surface area contributed by atoms with E-state index in [0.717, 1.165) is 5.92 Å². The number of halogens is 1. The minimum absolute atomic E-state index is 0. The molecule has 2 unspecified atom stereocenters. The molecule has 0 aromatic carbocycles. The summed E-state index contributed by atoms with van der Waals surface area (Å²) in [5, 5.41) is 0. The van der Waals surface area contributed by atoms with Crippen LogP contribution < -0.4 is 11.5 Å². The molecular weight excluding hydrogens is 210 g/mol. The molecule has 90 valence electrons. The third-order valence-electron chi connectivity index (χ3n) is 3.73. The van der Waals surface area contributed by atoms with Crippen LogP contribution >= 0.6 is 12.4 Å². The maximum absolute atomic E-state index is 5.91. The standard InChI is InChI=1S/C11H23N3.ClH/c12-10-3-5-14(6-4-10)8-9-1-2-11(13)7-9;/h9-11H,1-8,12-13H2;1H. The van der Waals surface area contributed by atoms with Crippen LogP contribution in [0.1, 0.15) is 32.1 Å². The van der Waals surface area contributed by atoms with E-state index in [1.54, 1.807) is 0 Å². The van der Waals surface area contributed by atoms with E-state index in [9.17, 15) is 0 Å². The summed E-state index contributed by atoms with van der Waals surface area (Å²) in [5.74, 6) is 0.860. The summed E-state index contributed by atoms with van der Waals surface area (Å²) in [5.41, 5.74) is 11.8. The summed E-state index contributed by atoms with van der Waals surface area (Å²) < 4.78 is 0. The lowest BCUT2D eigenvalue weighted by Gasteiger charge is -2.31. The quantitative estimate of drug-likeness (QED) is 0.747. The number of hydrogen-bond acceptors (Lipinski definition) is 3. The van der Waals surface area contributed by atoms with Crippen molar-refractivity contribution in [3.8, 4) is 0 Å². The smallest absolute Gasteiger partial charge is 0.00631 e. The van der Waals surface area contributed by atoms with E-state index in [0.29, 0.717) is 12.1 Å². The normalized spacial score (nSPS) is 34.0. The van der Waals surface area contributed by atoms with Crippen LogP contribution in [0.4, 0.5) is 0 Å². The summed E-state index contributed by atoms with van der Waals surface area (Å²) in [6, 6.07) is 0.934. The molecule has 3 nitrogen and oxygen atoms in total. The Labute approximate surface area is 99.0 Å². The molecule has 0 spiro atoms. The molecule has 2 fully saturated rings. The van der Waals surface area contributed by atoms with Crippen molar-refractivity contribution in [3.05, 3.63) is 0 Å². The summed E-state index contributed by atoms with van der Waals surface area (Å²) in [6.07, 6.45) is 6.17. The van der Waals surface area contributed by atoms with Crippen LogP contribution in [0.25, 0.3) is 0 Å². The van der Waals surface area contributed by atoms with Gasteiger partial charge < -0.3 is 16.4 Å². The Hall–Kier alpha value is 0.170. The van der Waals surface area contributed by atoms with Crippen LogP contribution in [0.2, 0.25) is 0 Å².